The van der Waals surface area contributed by atoms with E-state index in [-0.39, 0.29) is 0 Å². The highest BCUT2D eigenvalue weighted by molar-refractivity contribution is 6.03. The van der Waals surface area contributed by atoms with Crippen LogP contribution in [0.2, 0.25) is 0 Å². The summed E-state index contributed by atoms with van der Waals surface area (Å²) in [5.41, 5.74) is 0. The number of ketones is 1. The molecule has 0 rings (SSSR count). The van der Waals surface area contributed by atoms with Crippen LogP contribution in [-0.4, -0.2) is 75.4 Å². The average Bonchev–Trinajstić information content (AvgIpc) is 2.32. The number of aliphatic hydroxyl groups excluding tert-OH is 5. The molecule has 0 aliphatic heterocycles. The maximum atomic E-state index is 11.2. The van der Waals surface area contributed by atoms with E-state index >= 15 is 0 Å². The van der Waals surface area contributed by atoms with Crippen LogP contribution in [0.15, 0.2) is 0 Å². The Morgan fingerprint density at radius 3 is 2.06 bits per heavy atom. The molecule has 0 spiro atoms. The van der Waals surface area contributed by atoms with E-state index in [0.717, 1.165) is 7.11 Å². The fraction of sp³-hybridized carbons (Fsp3) is 0.750. The summed E-state index contributed by atoms with van der Waals surface area (Å²) in [6.07, 6.45) is -8.21. The predicted octanol–water partition coefficient (Wildman–Crippen LogP) is -3.84. The van der Waals surface area contributed by atoms with Gasteiger partial charge in [-0.25, -0.2) is 4.79 Å². The lowest BCUT2D eigenvalue weighted by Crippen LogP contribution is -2.49. The Bertz CT molecular complexity index is 252. The van der Waals surface area contributed by atoms with Crippen molar-refractivity contribution in [3.05, 3.63) is 0 Å². The molecule has 8 heteroatoms. The molecule has 16 heavy (non-hydrogen) atoms. The quantitative estimate of drug-likeness (QED) is 0.234. The van der Waals surface area contributed by atoms with E-state index in [1.54, 1.807) is 0 Å². The fourth-order valence-electron chi connectivity index (χ4n) is 0.876. The highest BCUT2D eigenvalue weighted by Gasteiger charge is 2.36. The molecule has 0 amide bonds. The molecule has 0 heterocycles. The van der Waals surface area contributed by atoms with Crippen molar-refractivity contribution in [2.24, 2.45) is 0 Å². The summed E-state index contributed by atoms with van der Waals surface area (Å²) in [6.45, 7) is -0.889. The maximum Gasteiger partial charge on any atom is 0.342 e. The van der Waals surface area contributed by atoms with Gasteiger partial charge < -0.3 is 30.3 Å². The molecule has 0 fully saturated rings. The molecule has 0 radical (unpaired) electrons. The van der Waals surface area contributed by atoms with Gasteiger partial charge in [0, 0.05) is 0 Å². The molecule has 4 atom stereocenters. The number of ether oxygens (including phenoxy) is 1. The summed E-state index contributed by atoms with van der Waals surface area (Å²) < 4.78 is 4.04. The standard InChI is InChI=1S/C8H14O8/c1-16-8(15)7(14)6(13)5(12)4(11)3(10)2-9/h3-5,7,9-12,14H,2H2,1H3/t3?,4-,5+,7-/m1/s1. The van der Waals surface area contributed by atoms with Crippen LogP contribution in [0.3, 0.4) is 0 Å². The Morgan fingerprint density at radius 1 is 1.19 bits per heavy atom. The lowest BCUT2D eigenvalue weighted by molar-refractivity contribution is -0.163. The van der Waals surface area contributed by atoms with Crippen molar-refractivity contribution in [1.82, 2.24) is 0 Å². The van der Waals surface area contributed by atoms with Gasteiger partial charge in [-0.1, -0.05) is 0 Å². The van der Waals surface area contributed by atoms with Gasteiger partial charge in [0.2, 0.25) is 11.9 Å². The largest absolute Gasteiger partial charge is 0.467 e. The smallest absolute Gasteiger partial charge is 0.342 e. The Hall–Kier alpha value is -1.06. The third kappa shape index (κ3) is 3.51. The van der Waals surface area contributed by atoms with E-state index in [0.29, 0.717) is 0 Å². The van der Waals surface area contributed by atoms with Gasteiger partial charge in [0.15, 0.2) is 0 Å². The van der Waals surface area contributed by atoms with Gasteiger partial charge in [-0.05, 0) is 0 Å². The first kappa shape index (κ1) is 14.9. The minimum atomic E-state index is -2.25. The molecule has 8 nitrogen and oxygen atoms in total. The first-order valence-corrected chi connectivity index (χ1v) is 4.31. The van der Waals surface area contributed by atoms with Crippen LogP contribution >= 0.6 is 0 Å². The number of hydrogen-bond donors (Lipinski definition) is 5. The molecule has 0 aromatic carbocycles. The number of carbonyl (C=O) groups is 2. The SMILES string of the molecule is COC(=O)[C@H](O)C(=O)[C@@H](O)[C@H](O)C(O)CO. The van der Waals surface area contributed by atoms with Crippen LogP contribution in [0.5, 0.6) is 0 Å². The van der Waals surface area contributed by atoms with Gasteiger partial charge in [-0.15, -0.1) is 0 Å². The lowest BCUT2D eigenvalue weighted by Gasteiger charge is -2.21. The molecular weight excluding hydrogens is 224 g/mol. The number of Topliss-reactive ketones (excluding diaryl/α,β-unsaturated/α-hetero) is 1. The molecule has 0 aliphatic carbocycles. The Labute approximate surface area is 90.7 Å². The van der Waals surface area contributed by atoms with E-state index in [1.165, 1.54) is 0 Å². The van der Waals surface area contributed by atoms with Crippen LogP contribution in [0.25, 0.3) is 0 Å². The second-order valence-electron chi connectivity index (χ2n) is 3.01. The molecule has 0 bridgehead atoms. The van der Waals surface area contributed by atoms with Crippen LogP contribution in [0.1, 0.15) is 0 Å². The van der Waals surface area contributed by atoms with Crippen molar-refractivity contribution in [2.75, 3.05) is 13.7 Å². The summed E-state index contributed by atoms with van der Waals surface area (Å²) in [5.74, 6) is -2.72. The molecule has 0 saturated heterocycles. The summed E-state index contributed by atoms with van der Waals surface area (Å²) in [6, 6.07) is 0. The Balaban J connectivity index is 4.54. The van der Waals surface area contributed by atoms with E-state index in [4.69, 9.17) is 25.5 Å². The summed E-state index contributed by atoms with van der Waals surface area (Å²) >= 11 is 0. The number of hydrogen-bond acceptors (Lipinski definition) is 8. The molecule has 5 N–H and O–H groups in total. The van der Waals surface area contributed by atoms with Gasteiger partial charge in [-0.2, -0.15) is 0 Å². The van der Waals surface area contributed by atoms with Crippen molar-refractivity contribution in [3.63, 3.8) is 0 Å². The summed E-state index contributed by atoms with van der Waals surface area (Å²) in [7, 11) is 0.921. The van der Waals surface area contributed by atoms with Crippen LogP contribution < -0.4 is 0 Å². The molecule has 0 saturated carbocycles. The van der Waals surface area contributed by atoms with Crippen LogP contribution in [0.4, 0.5) is 0 Å². The molecule has 1 unspecified atom stereocenters. The highest BCUT2D eigenvalue weighted by Crippen LogP contribution is 2.05. The highest BCUT2D eigenvalue weighted by atomic mass is 16.5. The second kappa shape index (κ2) is 6.51. The van der Waals surface area contributed by atoms with E-state index in [2.05, 4.69) is 4.74 Å². The normalized spacial score (nSPS) is 18.4. The molecule has 94 valence electrons. The number of esters is 1. The van der Waals surface area contributed by atoms with Crippen molar-refractivity contribution in [3.8, 4) is 0 Å². The van der Waals surface area contributed by atoms with Crippen molar-refractivity contribution < 1.29 is 39.9 Å². The van der Waals surface area contributed by atoms with E-state index in [9.17, 15) is 9.59 Å². The van der Waals surface area contributed by atoms with Crippen LogP contribution in [-0.2, 0) is 14.3 Å². The Morgan fingerprint density at radius 2 is 1.69 bits per heavy atom. The zero-order valence-electron chi connectivity index (χ0n) is 8.48. The number of aliphatic hydroxyl groups is 5. The van der Waals surface area contributed by atoms with Crippen molar-refractivity contribution >= 4 is 11.8 Å². The molecular formula is C8H14O8. The summed E-state index contributed by atoms with van der Waals surface area (Å²) in [5, 5.41) is 44.7. The molecule has 0 aromatic heterocycles. The first-order valence-electron chi connectivity index (χ1n) is 4.31. The average molecular weight is 238 g/mol. The zero-order chi connectivity index (χ0) is 12.9. The number of rotatable bonds is 6. The van der Waals surface area contributed by atoms with Crippen molar-refractivity contribution in [2.45, 2.75) is 24.4 Å². The van der Waals surface area contributed by atoms with E-state index < -0.39 is 42.8 Å². The van der Waals surface area contributed by atoms with E-state index in [1.807, 2.05) is 0 Å². The Kier molecular flexibility index (Phi) is 6.08. The van der Waals surface area contributed by atoms with Gasteiger partial charge in [0.05, 0.1) is 13.7 Å². The van der Waals surface area contributed by atoms with Gasteiger partial charge in [0.25, 0.3) is 0 Å². The van der Waals surface area contributed by atoms with Gasteiger partial charge in [-0.3, -0.25) is 4.79 Å². The van der Waals surface area contributed by atoms with Gasteiger partial charge >= 0.3 is 5.97 Å². The maximum absolute atomic E-state index is 11.2. The summed E-state index contributed by atoms with van der Waals surface area (Å²) in [4.78, 5) is 21.9. The van der Waals surface area contributed by atoms with Crippen molar-refractivity contribution in [1.29, 1.82) is 0 Å². The molecule has 0 aliphatic rings. The lowest BCUT2D eigenvalue weighted by atomic mass is 10.0. The topological polar surface area (TPSA) is 145 Å². The van der Waals surface area contributed by atoms with Crippen LogP contribution in [0, 0.1) is 0 Å². The van der Waals surface area contributed by atoms with Gasteiger partial charge in [0.1, 0.15) is 18.3 Å². The third-order valence-corrected chi connectivity index (χ3v) is 1.89. The predicted molar refractivity (Wildman–Crippen MR) is 48.1 cm³/mol. The zero-order valence-corrected chi connectivity index (χ0v) is 8.48. The minimum absolute atomic E-state index is 0.889. The fourth-order valence-corrected chi connectivity index (χ4v) is 0.876. The minimum Gasteiger partial charge on any atom is -0.467 e. The monoisotopic (exact) mass is 238 g/mol. The third-order valence-electron chi connectivity index (χ3n) is 1.89. The first-order chi connectivity index (χ1) is 7.36. The molecule has 0 aromatic rings. The second-order valence-corrected chi connectivity index (χ2v) is 3.01. The number of methoxy groups -OCH3 is 1. The number of carbonyl (C=O) groups excluding carboxylic acids is 2.